The van der Waals surface area contributed by atoms with Crippen molar-refractivity contribution in [1.29, 1.82) is 0 Å². The van der Waals surface area contributed by atoms with Crippen molar-refractivity contribution in [2.24, 2.45) is 17.4 Å². The molecule has 0 aliphatic carbocycles. The molecule has 0 aromatic heterocycles. The molecule has 0 aliphatic heterocycles. The number of primary amides is 1. The second-order valence-electron chi connectivity index (χ2n) is 8.64. The summed E-state index contributed by atoms with van der Waals surface area (Å²) in [7, 11) is 0. The molecule has 0 radical (unpaired) electrons. The standard InChI is InChI=1S/C21H36N6O9/c1-10(2)8-12(22)19(33)24-9-16(29)25-11(3)18(32)26-13(5-7-17(30)31)20(34)27-14(21(35)36)4-6-15(23)28/h10-14H,4-9,22H2,1-3H3,(H2,23,28)(H,24,33)(H,25,29)(H,26,32)(H,27,34)(H,30,31)(H,35,36)/t11-,12-,13-,14-/m0/s1. The fourth-order valence-corrected chi connectivity index (χ4v) is 2.92. The van der Waals surface area contributed by atoms with E-state index in [9.17, 15) is 38.7 Å². The van der Waals surface area contributed by atoms with Crippen LogP contribution in [0.5, 0.6) is 0 Å². The Morgan fingerprint density at radius 3 is 1.83 bits per heavy atom. The second-order valence-corrected chi connectivity index (χ2v) is 8.64. The fraction of sp³-hybridized carbons (Fsp3) is 0.667. The van der Waals surface area contributed by atoms with Crippen LogP contribution in [0.2, 0.25) is 0 Å². The number of carbonyl (C=O) groups is 7. The third-order valence-corrected chi connectivity index (χ3v) is 4.83. The van der Waals surface area contributed by atoms with Crippen LogP contribution < -0.4 is 32.7 Å². The van der Waals surface area contributed by atoms with E-state index >= 15 is 0 Å². The highest BCUT2D eigenvalue weighted by atomic mass is 16.4. The summed E-state index contributed by atoms with van der Waals surface area (Å²) in [6.07, 6.45) is -1.13. The first-order valence-electron chi connectivity index (χ1n) is 11.3. The zero-order valence-corrected chi connectivity index (χ0v) is 20.5. The first kappa shape index (κ1) is 32.2. The number of rotatable bonds is 17. The molecule has 204 valence electrons. The molecular weight excluding hydrogens is 480 g/mol. The Morgan fingerprint density at radius 1 is 0.778 bits per heavy atom. The topological polar surface area (TPSA) is 260 Å². The first-order chi connectivity index (χ1) is 16.6. The van der Waals surface area contributed by atoms with E-state index in [-0.39, 0.29) is 25.2 Å². The Balaban J connectivity index is 5.06. The van der Waals surface area contributed by atoms with Crippen LogP contribution in [0.25, 0.3) is 0 Å². The Kier molecular flexibility index (Phi) is 14.4. The summed E-state index contributed by atoms with van der Waals surface area (Å²) < 4.78 is 0. The number of nitrogens with one attached hydrogen (secondary N) is 4. The minimum atomic E-state index is -1.50. The van der Waals surface area contributed by atoms with E-state index in [4.69, 9.17) is 16.6 Å². The highest BCUT2D eigenvalue weighted by Crippen LogP contribution is 2.04. The van der Waals surface area contributed by atoms with Gasteiger partial charge in [-0.05, 0) is 32.1 Å². The minimum absolute atomic E-state index is 0.170. The third-order valence-electron chi connectivity index (χ3n) is 4.83. The molecule has 0 saturated carbocycles. The quantitative estimate of drug-likeness (QED) is 0.0981. The van der Waals surface area contributed by atoms with Gasteiger partial charge in [-0.3, -0.25) is 28.8 Å². The smallest absolute Gasteiger partial charge is 0.326 e. The van der Waals surface area contributed by atoms with Crippen LogP contribution in [0.15, 0.2) is 0 Å². The maximum absolute atomic E-state index is 12.6. The molecule has 0 aromatic rings. The van der Waals surface area contributed by atoms with Gasteiger partial charge in [0.15, 0.2) is 0 Å². The van der Waals surface area contributed by atoms with E-state index in [0.29, 0.717) is 6.42 Å². The lowest BCUT2D eigenvalue weighted by molar-refractivity contribution is -0.143. The van der Waals surface area contributed by atoms with Crippen LogP contribution in [0.3, 0.4) is 0 Å². The molecule has 0 rings (SSSR count). The molecule has 0 bridgehead atoms. The lowest BCUT2D eigenvalue weighted by Gasteiger charge is -2.23. The summed E-state index contributed by atoms with van der Waals surface area (Å²) in [6, 6.07) is -4.94. The van der Waals surface area contributed by atoms with Gasteiger partial charge in [-0.2, -0.15) is 0 Å². The number of carboxylic acids is 2. The summed E-state index contributed by atoms with van der Waals surface area (Å²) in [6.45, 7) is 4.60. The Labute approximate surface area is 208 Å². The third kappa shape index (κ3) is 13.8. The van der Waals surface area contributed by atoms with Crippen molar-refractivity contribution in [1.82, 2.24) is 21.3 Å². The highest BCUT2D eigenvalue weighted by molar-refractivity contribution is 5.94. The zero-order valence-electron chi connectivity index (χ0n) is 20.5. The van der Waals surface area contributed by atoms with Crippen LogP contribution in [0.1, 0.15) is 52.9 Å². The molecule has 0 fully saturated rings. The molecule has 0 aliphatic rings. The van der Waals surface area contributed by atoms with Crippen LogP contribution in [-0.4, -0.2) is 82.4 Å². The maximum atomic E-state index is 12.6. The molecule has 0 heterocycles. The first-order valence-corrected chi connectivity index (χ1v) is 11.3. The van der Waals surface area contributed by atoms with Crippen molar-refractivity contribution in [2.45, 2.75) is 77.0 Å². The predicted octanol–water partition coefficient (Wildman–Crippen LogP) is -2.83. The highest BCUT2D eigenvalue weighted by Gasteiger charge is 2.29. The minimum Gasteiger partial charge on any atom is -0.481 e. The molecular formula is C21H36N6O9. The van der Waals surface area contributed by atoms with E-state index in [2.05, 4.69) is 21.3 Å². The number of amides is 5. The molecule has 0 aromatic carbocycles. The van der Waals surface area contributed by atoms with Gasteiger partial charge in [-0.1, -0.05) is 13.8 Å². The van der Waals surface area contributed by atoms with Gasteiger partial charge >= 0.3 is 11.9 Å². The van der Waals surface area contributed by atoms with Crippen LogP contribution >= 0.6 is 0 Å². The van der Waals surface area contributed by atoms with E-state index < -0.39 is 78.6 Å². The summed E-state index contributed by atoms with van der Waals surface area (Å²) in [4.78, 5) is 82.3. The number of carbonyl (C=O) groups excluding carboxylic acids is 5. The van der Waals surface area contributed by atoms with E-state index in [1.165, 1.54) is 6.92 Å². The van der Waals surface area contributed by atoms with Gasteiger partial charge in [0.2, 0.25) is 29.5 Å². The molecule has 5 amide bonds. The average Bonchev–Trinajstić information content (AvgIpc) is 2.76. The van der Waals surface area contributed by atoms with Gasteiger partial charge in [0, 0.05) is 12.8 Å². The molecule has 36 heavy (non-hydrogen) atoms. The van der Waals surface area contributed by atoms with Crippen molar-refractivity contribution in [2.75, 3.05) is 6.54 Å². The lowest BCUT2D eigenvalue weighted by Crippen LogP contribution is -2.56. The van der Waals surface area contributed by atoms with Gasteiger partial charge in [0.1, 0.15) is 18.1 Å². The van der Waals surface area contributed by atoms with Gasteiger partial charge in [-0.25, -0.2) is 4.79 Å². The Hall–Kier alpha value is -3.75. The second kappa shape index (κ2) is 16.0. The molecule has 0 saturated heterocycles. The predicted molar refractivity (Wildman–Crippen MR) is 125 cm³/mol. The molecule has 0 spiro atoms. The molecule has 15 heteroatoms. The van der Waals surface area contributed by atoms with Gasteiger partial charge in [-0.15, -0.1) is 0 Å². The SMILES string of the molecule is CC(C)C[C@H](N)C(=O)NCC(=O)N[C@@H](C)C(=O)N[C@@H](CCC(=O)O)C(=O)N[C@@H](CCC(N)=O)C(=O)O. The monoisotopic (exact) mass is 516 g/mol. The molecule has 15 nitrogen and oxygen atoms in total. The van der Waals surface area contributed by atoms with E-state index in [0.717, 1.165) is 0 Å². The molecule has 0 unspecified atom stereocenters. The van der Waals surface area contributed by atoms with E-state index in [1.807, 2.05) is 13.8 Å². The average molecular weight is 517 g/mol. The summed E-state index contributed by atoms with van der Waals surface area (Å²) in [5, 5.41) is 27.2. The number of nitrogens with two attached hydrogens (primary N) is 2. The van der Waals surface area contributed by atoms with Gasteiger partial charge in [0.25, 0.3) is 0 Å². The fourth-order valence-electron chi connectivity index (χ4n) is 2.92. The van der Waals surface area contributed by atoms with Crippen molar-refractivity contribution in [3.63, 3.8) is 0 Å². The van der Waals surface area contributed by atoms with Crippen LogP contribution in [-0.2, 0) is 33.6 Å². The number of aliphatic carboxylic acids is 2. The van der Waals surface area contributed by atoms with Crippen molar-refractivity contribution in [3.8, 4) is 0 Å². The number of hydrogen-bond acceptors (Lipinski definition) is 8. The Morgan fingerprint density at radius 2 is 1.33 bits per heavy atom. The Bertz CT molecular complexity index is 833. The van der Waals surface area contributed by atoms with E-state index in [1.54, 1.807) is 0 Å². The number of carboxylic acid groups (broad SMARTS) is 2. The van der Waals surface area contributed by atoms with Crippen molar-refractivity contribution < 1.29 is 43.8 Å². The summed E-state index contributed by atoms with van der Waals surface area (Å²) in [5.41, 5.74) is 10.7. The van der Waals surface area contributed by atoms with Crippen molar-refractivity contribution in [3.05, 3.63) is 0 Å². The molecule has 4 atom stereocenters. The number of hydrogen-bond donors (Lipinski definition) is 8. The maximum Gasteiger partial charge on any atom is 0.326 e. The zero-order chi connectivity index (χ0) is 28.0. The normalized spacial score (nSPS) is 14.0. The molecule has 10 N–H and O–H groups in total. The van der Waals surface area contributed by atoms with Gasteiger partial charge < -0.3 is 42.9 Å². The van der Waals surface area contributed by atoms with Gasteiger partial charge in [0.05, 0.1) is 12.6 Å². The summed E-state index contributed by atoms with van der Waals surface area (Å²) in [5.74, 6) is -6.44. The summed E-state index contributed by atoms with van der Waals surface area (Å²) >= 11 is 0. The van der Waals surface area contributed by atoms with Crippen LogP contribution in [0.4, 0.5) is 0 Å². The van der Waals surface area contributed by atoms with Crippen LogP contribution in [0, 0.1) is 5.92 Å². The lowest BCUT2D eigenvalue weighted by atomic mass is 10.0. The van der Waals surface area contributed by atoms with Crippen molar-refractivity contribution >= 4 is 41.5 Å². The largest absolute Gasteiger partial charge is 0.481 e.